The van der Waals surface area contributed by atoms with E-state index in [0.717, 1.165) is 6.07 Å². The highest BCUT2D eigenvalue weighted by Crippen LogP contribution is 2.26. The standard InChI is InChI=1S/C25H17F2N5O2/c1-15-13-24(32-23(29-15)11-12-28-32)34-21-10-7-17(14-19(21)27)25(33)31-22-4-2-3-20(30-22)16-5-8-18(26)9-6-16/h2-14H,1H3,(H,30,31,33). The number of carbonyl (C=O) groups excluding carboxylic acids is 1. The van der Waals surface area contributed by atoms with Crippen molar-refractivity contribution < 1.29 is 18.3 Å². The van der Waals surface area contributed by atoms with Gasteiger partial charge in [-0.1, -0.05) is 6.07 Å². The minimum atomic E-state index is -0.713. The first kappa shape index (κ1) is 21.2. The number of aromatic nitrogens is 4. The van der Waals surface area contributed by atoms with Crippen LogP contribution in [0.4, 0.5) is 14.6 Å². The van der Waals surface area contributed by atoms with Crippen molar-refractivity contribution >= 4 is 17.4 Å². The molecule has 2 aromatic carbocycles. The number of halogens is 2. The number of fused-ring (bicyclic) bond motifs is 1. The second-order valence-electron chi connectivity index (χ2n) is 7.45. The van der Waals surface area contributed by atoms with Crippen molar-refractivity contribution in [3.63, 3.8) is 0 Å². The number of anilines is 1. The Morgan fingerprint density at radius 1 is 0.971 bits per heavy atom. The molecule has 5 rings (SSSR count). The van der Waals surface area contributed by atoms with Crippen molar-refractivity contribution in [3.05, 3.63) is 102 Å². The quantitative estimate of drug-likeness (QED) is 0.381. The molecule has 0 aliphatic heterocycles. The lowest BCUT2D eigenvalue weighted by Crippen LogP contribution is -2.13. The Labute approximate surface area is 192 Å². The number of nitrogens with one attached hydrogen (secondary N) is 1. The zero-order chi connectivity index (χ0) is 23.7. The molecule has 0 saturated carbocycles. The normalized spacial score (nSPS) is 10.9. The van der Waals surface area contributed by atoms with Gasteiger partial charge in [0.15, 0.2) is 17.2 Å². The molecule has 1 amide bonds. The van der Waals surface area contributed by atoms with Crippen LogP contribution in [0, 0.1) is 18.6 Å². The molecule has 9 heteroatoms. The van der Waals surface area contributed by atoms with Crippen molar-refractivity contribution in [2.45, 2.75) is 6.92 Å². The summed E-state index contributed by atoms with van der Waals surface area (Å²) in [6.07, 6.45) is 1.57. The minimum Gasteiger partial charge on any atom is -0.436 e. The first-order valence-electron chi connectivity index (χ1n) is 10.3. The molecule has 0 radical (unpaired) electrons. The molecule has 0 aliphatic rings. The third-order valence-corrected chi connectivity index (χ3v) is 4.99. The van der Waals surface area contributed by atoms with E-state index in [0.29, 0.717) is 28.5 Å². The molecular weight excluding hydrogens is 440 g/mol. The van der Waals surface area contributed by atoms with Gasteiger partial charge in [-0.25, -0.2) is 18.7 Å². The Morgan fingerprint density at radius 2 is 1.79 bits per heavy atom. The molecule has 0 saturated heterocycles. The molecule has 7 nitrogen and oxygen atoms in total. The molecule has 0 fully saturated rings. The number of benzene rings is 2. The van der Waals surface area contributed by atoms with Crippen LogP contribution in [0.25, 0.3) is 16.9 Å². The number of nitrogens with zero attached hydrogens (tertiary/aromatic N) is 4. The number of carbonyl (C=O) groups is 1. The van der Waals surface area contributed by atoms with E-state index in [2.05, 4.69) is 20.4 Å². The van der Waals surface area contributed by atoms with E-state index in [-0.39, 0.29) is 22.9 Å². The summed E-state index contributed by atoms with van der Waals surface area (Å²) in [7, 11) is 0. The second kappa shape index (κ2) is 8.70. The third-order valence-electron chi connectivity index (χ3n) is 4.99. The van der Waals surface area contributed by atoms with Gasteiger partial charge in [0.2, 0.25) is 5.88 Å². The fourth-order valence-electron chi connectivity index (χ4n) is 3.39. The van der Waals surface area contributed by atoms with Gasteiger partial charge in [0, 0.05) is 29.0 Å². The molecule has 3 heterocycles. The van der Waals surface area contributed by atoms with E-state index in [9.17, 15) is 13.6 Å². The maximum absolute atomic E-state index is 14.8. The van der Waals surface area contributed by atoms with E-state index in [1.165, 1.54) is 28.8 Å². The number of amides is 1. The van der Waals surface area contributed by atoms with Crippen LogP contribution in [0.3, 0.4) is 0 Å². The van der Waals surface area contributed by atoms with Crippen LogP contribution in [-0.2, 0) is 0 Å². The summed E-state index contributed by atoms with van der Waals surface area (Å²) in [6, 6.07) is 18.2. The minimum absolute atomic E-state index is 0.0598. The van der Waals surface area contributed by atoms with E-state index in [4.69, 9.17) is 4.74 Å². The van der Waals surface area contributed by atoms with E-state index < -0.39 is 11.7 Å². The Kier molecular flexibility index (Phi) is 5.43. The summed E-state index contributed by atoms with van der Waals surface area (Å²) < 4.78 is 35.1. The molecule has 1 N–H and O–H groups in total. The van der Waals surface area contributed by atoms with E-state index in [1.54, 1.807) is 55.6 Å². The van der Waals surface area contributed by atoms with Crippen LogP contribution in [0.1, 0.15) is 16.1 Å². The van der Waals surface area contributed by atoms with Crippen LogP contribution in [0.2, 0.25) is 0 Å². The van der Waals surface area contributed by atoms with E-state index in [1.807, 2.05) is 0 Å². The molecule has 0 bridgehead atoms. The summed E-state index contributed by atoms with van der Waals surface area (Å²) in [6.45, 7) is 1.79. The average molecular weight is 457 g/mol. The molecule has 0 unspecified atom stereocenters. The Morgan fingerprint density at radius 3 is 2.59 bits per heavy atom. The van der Waals surface area contributed by atoms with Crippen LogP contribution in [0.5, 0.6) is 11.6 Å². The Balaban J connectivity index is 1.34. The van der Waals surface area contributed by atoms with Crippen molar-refractivity contribution in [2.24, 2.45) is 0 Å². The SMILES string of the molecule is Cc1cc(Oc2ccc(C(=O)Nc3cccc(-c4ccc(F)cc4)n3)cc2F)n2nccc2n1. The Hall–Kier alpha value is -4.66. The van der Waals surface area contributed by atoms with Gasteiger partial charge in [-0.15, -0.1) is 0 Å². The van der Waals surface area contributed by atoms with Crippen molar-refractivity contribution in [1.29, 1.82) is 0 Å². The van der Waals surface area contributed by atoms with Gasteiger partial charge < -0.3 is 10.1 Å². The Bertz CT molecular complexity index is 1520. The van der Waals surface area contributed by atoms with Crippen LogP contribution in [0.15, 0.2) is 79.0 Å². The lowest BCUT2D eigenvalue weighted by Gasteiger charge is -2.11. The van der Waals surface area contributed by atoms with Crippen molar-refractivity contribution in [3.8, 4) is 22.9 Å². The highest BCUT2D eigenvalue weighted by molar-refractivity contribution is 6.04. The highest BCUT2D eigenvalue weighted by Gasteiger charge is 2.14. The van der Waals surface area contributed by atoms with Crippen LogP contribution in [-0.4, -0.2) is 25.5 Å². The predicted molar refractivity (Wildman–Crippen MR) is 122 cm³/mol. The maximum Gasteiger partial charge on any atom is 0.256 e. The van der Waals surface area contributed by atoms with Crippen molar-refractivity contribution in [2.75, 3.05) is 5.32 Å². The zero-order valence-electron chi connectivity index (χ0n) is 17.9. The fraction of sp³-hybridized carbons (Fsp3) is 0.0400. The van der Waals surface area contributed by atoms with Gasteiger partial charge in [0.05, 0.1) is 11.9 Å². The number of aryl methyl sites for hydroxylation is 1. The number of rotatable bonds is 5. The molecule has 168 valence electrons. The van der Waals surface area contributed by atoms with Gasteiger partial charge in [-0.3, -0.25) is 4.79 Å². The van der Waals surface area contributed by atoms with Gasteiger partial charge >= 0.3 is 0 Å². The monoisotopic (exact) mass is 457 g/mol. The van der Waals surface area contributed by atoms with Crippen LogP contribution < -0.4 is 10.1 Å². The predicted octanol–water partition coefficient (Wildman–Crippen LogP) is 5.42. The lowest BCUT2D eigenvalue weighted by molar-refractivity contribution is 0.102. The van der Waals surface area contributed by atoms with Gasteiger partial charge in [-0.05, 0) is 61.5 Å². The number of ether oxygens (including phenoxy) is 1. The molecule has 0 spiro atoms. The van der Waals surface area contributed by atoms with E-state index >= 15 is 0 Å². The molecule has 5 aromatic rings. The van der Waals surface area contributed by atoms with Crippen molar-refractivity contribution in [1.82, 2.24) is 19.6 Å². The summed E-state index contributed by atoms with van der Waals surface area (Å²) >= 11 is 0. The van der Waals surface area contributed by atoms with Crippen LogP contribution >= 0.6 is 0 Å². The third kappa shape index (κ3) is 4.31. The lowest BCUT2D eigenvalue weighted by atomic mass is 10.1. The molecule has 34 heavy (non-hydrogen) atoms. The highest BCUT2D eigenvalue weighted by atomic mass is 19.1. The molecular formula is C25H17F2N5O2. The molecule has 0 aliphatic carbocycles. The van der Waals surface area contributed by atoms with Gasteiger partial charge in [0.1, 0.15) is 11.6 Å². The topological polar surface area (TPSA) is 81.4 Å². The maximum atomic E-state index is 14.8. The summed E-state index contributed by atoms with van der Waals surface area (Å²) in [5.41, 5.74) is 2.61. The summed E-state index contributed by atoms with van der Waals surface area (Å²) in [5.74, 6) is -1.09. The number of hydrogen-bond acceptors (Lipinski definition) is 5. The number of hydrogen-bond donors (Lipinski definition) is 1. The van der Waals surface area contributed by atoms with Gasteiger partial charge in [-0.2, -0.15) is 9.61 Å². The zero-order valence-corrected chi connectivity index (χ0v) is 17.9. The second-order valence-corrected chi connectivity index (χ2v) is 7.45. The molecule has 0 atom stereocenters. The number of pyridine rings is 1. The first-order valence-corrected chi connectivity index (χ1v) is 10.3. The fourth-order valence-corrected chi connectivity index (χ4v) is 3.39. The average Bonchev–Trinajstić information content (AvgIpc) is 3.29. The van der Waals surface area contributed by atoms with Gasteiger partial charge in [0.25, 0.3) is 5.91 Å². The molecule has 3 aromatic heterocycles. The largest absolute Gasteiger partial charge is 0.436 e. The smallest absolute Gasteiger partial charge is 0.256 e. The first-order chi connectivity index (χ1) is 16.5. The summed E-state index contributed by atoms with van der Waals surface area (Å²) in [5, 5.41) is 6.78. The summed E-state index contributed by atoms with van der Waals surface area (Å²) in [4.78, 5) is 21.4.